The van der Waals surface area contributed by atoms with Gasteiger partial charge >= 0.3 is 0 Å². The molecule has 186 valence electrons. The number of benzene rings is 3. The van der Waals surface area contributed by atoms with Gasteiger partial charge < -0.3 is 14.6 Å². The summed E-state index contributed by atoms with van der Waals surface area (Å²) in [6.45, 7) is 4.71. The average Bonchev–Trinajstić information content (AvgIpc) is 3.24. The van der Waals surface area contributed by atoms with Gasteiger partial charge in [0.2, 0.25) is 0 Å². The fourth-order valence-electron chi connectivity index (χ4n) is 4.25. The van der Waals surface area contributed by atoms with Crippen LogP contribution in [0.4, 0.5) is 0 Å². The van der Waals surface area contributed by atoms with Crippen LogP contribution in [0.25, 0.3) is 23.2 Å². The molecule has 5 rings (SSSR count). The van der Waals surface area contributed by atoms with E-state index in [1.807, 2.05) is 122 Å². The summed E-state index contributed by atoms with van der Waals surface area (Å²) in [6, 6.07) is 29.6. The standard InChI is InChI=1S/C31H29N3O3/c1-3-36-31(35)28-20-25(17-14-23-10-6-4-7-11-23)32-30-29(28)22(2)33-34(30)21-24-15-18-27(19-16-24)37-26-12-8-5-9-13-26/h4-20,31,35H,3,21H2,1-2H3/b17-14+. The number of aryl methyl sites for hydroxylation is 1. The lowest BCUT2D eigenvalue weighted by Crippen LogP contribution is -2.07. The summed E-state index contributed by atoms with van der Waals surface area (Å²) in [5, 5.41) is 16.4. The minimum atomic E-state index is -1.06. The first-order valence-corrected chi connectivity index (χ1v) is 12.3. The van der Waals surface area contributed by atoms with Gasteiger partial charge in [-0.2, -0.15) is 5.10 Å². The number of rotatable bonds is 9. The topological polar surface area (TPSA) is 69.4 Å². The van der Waals surface area contributed by atoms with Crippen LogP contribution in [0, 0.1) is 6.92 Å². The van der Waals surface area contributed by atoms with E-state index in [2.05, 4.69) is 0 Å². The summed E-state index contributed by atoms with van der Waals surface area (Å²) >= 11 is 0. The SMILES string of the molecule is CCOC(O)c1cc(/C=C/c2ccccc2)nc2c1c(C)nn2Cc1ccc(Oc2ccccc2)cc1. The van der Waals surface area contributed by atoms with Crippen LogP contribution in [-0.2, 0) is 11.3 Å². The third kappa shape index (κ3) is 5.77. The molecule has 0 radical (unpaired) electrons. The molecule has 0 spiro atoms. The van der Waals surface area contributed by atoms with Crippen molar-refractivity contribution in [2.45, 2.75) is 26.7 Å². The summed E-state index contributed by atoms with van der Waals surface area (Å²) in [5.41, 5.74) is 5.00. The molecule has 0 fully saturated rings. The number of aliphatic hydroxyl groups is 1. The number of pyridine rings is 1. The Kier molecular flexibility index (Phi) is 7.40. The third-order valence-corrected chi connectivity index (χ3v) is 6.00. The summed E-state index contributed by atoms with van der Waals surface area (Å²) < 4.78 is 13.3. The number of fused-ring (bicyclic) bond motifs is 1. The van der Waals surface area contributed by atoms with E-state index < -0.39 is 6.29 Å². The van der Waals surface area contributed by atoms with E-state index in [-0.39, 0.29) is 0 Å². The first kappa shape index (κ1) is 24.4. The fourth-order valence-corrected chi connectivity index (χ4v) is 4.25. The van der Waals surface area contributed by atoms with E-state index in [9.17, 15) is 5.11 Å². The predicted octanol–water partition coefficient (Wildman–Crippen LogP) is 6.78. The van der Waals surface area contributed by atoms with Crippen LogP contribution in [0.15, 0.2) is 91.0 Å². The Morgan fingerprint density at radius 3 is 2.27 bits per heavy atom. The lowest BCUT2D eigenvalue weighted by atomic mass is 10.1. The largest absolute Gasteiger partial charge is 0.457 e. The maximum Gasteiger partial charge on any atom is 0.182 e. The lowest BCUT2D eigenvalue weighted by molar-refractivity contribution is -0.0970. The Balaban J connectivity index is 1.47. The quantitative estimate of drug-likeness (QED) is 0.230. The molecule has 0 bridgehead atoms. The van der Waals surface area contributed by atoms with Crippen molar-refractivity contribution >= 4 is 23.2 Å². The zero-order valence-electron chi connectivity index (χ0n) is 20.9. The normalized spacial score (nSPS) is 12.3. The average molecular weight is 492 g/mol. The number of para-hydroxylation sites is 1. The summed E-state index contributed by atoms with van der Waals surface area (Å²) in [7, 11) is 0. The van der Waals surface area contributed by atoms with E-state index in [4.69, 9.17) is 19.6 Å². The Hall–Kier alpha value is -4.26. The first-order chi connectivity index (χ1) is 18.1. The minimum Gasteiger partial charge on any atom is -0.457 e. The Labute approximate surface area is 216 Å². The predicted molar refractivity (Wildman–Crippen MR) is 146 cm³/mol. The molecule has 0 aliphatic carbocycles. The number of hydrogen-bond acceptors (Lipinski definition) is 5. The van der Waals surface area contributed by atoms with Gasteiger partial charge in [-0.05, 0) is 61.4 Å². The highest BCUT2D eigenvalue weighted by molar-refractivity contribution is 5.84. The van der Waals surface area contributed by atoms with Gasteiger partial charge in [-0.1, -0.05) is 66.7 Å². The number of aliphatic hydroxyl groups excluding tert-OH is 1. The molecule has 0 amide bonds. The van der Waals surface area contributed by atoms with Gasteiger partial charge in [0.25, 0.3) is 0 Å². The Bertz CT molecular complexity index is 1490. The lowest BCUT2D eigenvalue weighted by Gasteiger charge is -2.13. The highest BCUT2D eigenvalue weighted by atomic mass is 16.6. The van der Waals surface area contributed by atoms with E-state index in [1.54, 1.807) is 0 Å². The molecule has 0 saturated carbocycles. The van der Waals surface area contributed by atoms with Crippen molar-refractivity contribution in [3.8, 4) is 11.5 Å². The summed E-state index contributed by atoms with van der Waals surface area (Å²) in [5.74, 6) is 1.56. The second kappa shape index (κ2) is 11.2. The third-order valence-electron chi connectivity index (χ3n) is 6.00. The molecule has 37 heavy (non-hydrogen) atoms. The van der Waals surface area contributed by atoms with Crippen LogP contribution < -0.4 is 4.74 Å². The van der Waals surface area contributed by atoms with Crippen molar-refractivity contribution in [3.63, 3.8) is 0 Å². The molecule has 6 nitrogen and oxygen atoms in total. The second-order valence-corrected chi connectivity index (χ2v) is 8.69. The van der Waals surface area contributed by atoms with Gasteiger partial charge in [-0.25, -0.2) is 9.67 Å². The molecule has 5 aromatic rings. The van der Waals surface area contributed by atoms with Crippen molar-refractivity contribution in [3.05, 3.63) is 119 Å². The molecule has 1 N–H and O–H groups in total. The van der Waals surface area contributed by atoms with Gasteiger partial charge in [0.1, 0.15) is 11.5 Å². The monoisotopic (exact) mass is 491 g/mol. The number of ether oxygens (including phenoxy) is 2. The van der Waals surface area contributed by atoms with Crippen molar-refractivity contribution in [1.29, 1.82) is 0 Å². The molecule has 1 atom stereocenters. The first-order valence-electron chi connectivity index (χ1n) is 12.3. The van der Waals surface area contributed by atoms with Crippen LogP contribution in [0.3, 0.4) is 0 Å². The van der Waals surface area contributed by atoms with E-state index in [0.29, 0.717) is 24.4 Å². The van der Waals surface area contributed by atoms with Gasteiger partial charge in [0.05, 0.1) is 23.3 Å². The molecular weight excluding hydrogens is 462 g/mol. The molecule has 6 heteroatoms. The van der Waals surface area contributed by atoms with Crippen molar-refractivity contribution in [2.75, 3.05) is 6.61 Å². The van der Waals surface area contributed by atoms with Crippen molar-refractivity contribution in [2.24, 2.45) is 0 Å². The minimum absolute atomic E-state index is 0.394. The van der Waals surface area contributed by atoms with Gasteiger partial charge in [0.15, 0.2) is 11.9 Å². The Morgan fingerprint density at radius 1 is 0.892 bits per heavy atom. The van der Waals surface area contributed by atoms with Crippen LogP contribution in [0.2, 0.25) is 0 Å². The van der Waals surface area contributed by atoms with Crippen LogP contribution >= 0.6 is 0 Å². The second-order valence-electron chi connectivity index (χ2n) is 8.69. The molecule has 3 aromatic carbocycles. The van der Waals surface area contributed by atoms with Gasteiger partial charge in [0, 0.05) is 12.2 Å². The smallest absolute Gasteiger partial charge is 0.182 e. The van der Waals surface area contributed by atoms with Crippen molar-refractivity contribution < 1.29 is 14.6 Å². The molecule has 1 unspecified atom stereocenters. The van der Waals surface area contributed by atoms with Crippen LogP contribution in [-0.4, -0.2) is 26.5 Å². The molecule has 0 saturated heterocycles. The van der Waals surface area contributed by atoms with Crippen LogP contribution in [0.1, 0.15) is 41.3 Å². The highest BCUT2D eigenvalue weighted by Crippen LogP contribution is 2.29. The molecule has 2 aromatic heterocycles. The maximum atomic E-state index is 10.8. The van der Waals surface area contributed by atoms with E-state index in [1.165, 1.54) is 0 Å². The number of nitrogens with zero attached hydrogens (tertiary/aromatic N) is 3. The van der Waals surface area contributed by atoms with Gasteiger partial charge in [-0.3, -0.25) is 0 Å². The van der Waals surface area contributed by atoms with Crippen molar-refractivity contribution in [1.82, 2.24) is 14.8 Å². The highest BCUT2D eigenvalue weighted by Gasteiger charge is 2.20. The fraction of sp³-hybridized carbons (Fsp3) is 0.161. The molecular formula is C31H29N3O3. The van der Waals surface area contributed by atoms with E-state index >= 15 is 0 Å². The van der Waals surface area contributed by atoms with Gasteiger partial charge in [-0.15, -0.1) is 0 Å². The summed E-state index contributed by atoms with van der Waals surface area (Å²) in [4.78, 5) is 4.91. The zero-order valence-corrected chi connectivity index (χ0v) is 20.9. The molecule has 2 heterocycles. The zero-order chi connectivity index (χ0) is 25.6. The maximum absolute atomic E-state index is 10.8. The Morgan fingerprint density at radius 2 is 1.57 bits per heavy atom. The molecule has 0 aliphatic rings. The number of hydrogen-bond donors (Lipinski definition) is 1. The van der Waals surface area contributed by atoms with Crippen LogP contribution in [0.5, 0.6) is 11.5 Å². The molecule has 0 aliphatic heterocycles. The summed E-state index contributed by atoms with van der Waals surface area (Å²) in [6.07, 6.45) is 2.88. The van der Waals surface area contributed by atoms with E-state index in [0.717, 1.165) is 39.4 Å². The number of aromatic nitrogens is 3.